The minimum absolute atomic E-state index is 0.128. The maximum absolute atomic E-state index is 12.2. The van der Waals surface area contributed by atoms with Crippen LogP contribution in [0, 0.1) is 0 Å². The van der Waals surface area contributed by atoms with E-state index in [-0.39, 0.29) is 17.1 Å². The summed E-state index contributed by atoms with van der Waals surface area (Å²) in [5, 5.41) is 9.89. The minimum Gasteiger partial charge on any atom is -0.507 e. The van der Waals surface area contributed by atoms with E-state index in [9.17, 15) is 9.90 Å². The van der Waals surface area contributed by atoms with Crippen LogP contribution in [0.15, 0.2) is 42.5 Å². The highest BCUT2D eigenvalue weighted by molar-refractivity contribution is 6.08. The van der Waals surface area contributed by atoms with Crippen LogP contribution in [0.3, 0.4) is 0 Å². The number of carbonyl (C=O) groups is 1. The summed E-state index contributed by atoms with van der Waals surface area (Å²) in [4.78, 5) is 12.2. The number of hydrogen-bond acceptors (Lipinski definition) is 5. The van der Waals surface area contributed by atoms with Crippen LogP contribution in [0.1, 0.15) is 15.9 Å². The molecule has 0 spiro atoms. The van der Waals surface area contributed by atoms with E-state index in [2.05, 4.69) is 0 Å². The molecule has 0 saturated carbocycles. The van der Waals surface area contributed by atoms with Gasteiger partial charge in [-0.05, 0) is 42.5 Å². The lowest BCUT2D eigenvalue weighted by Crippen LogP contribution is -1.96. The van der Waals surface area contributed by atoms with Crippen LogP contribution in [-0.4, -0.2) is 32.2 Å². The molecule has 2 rings (SSSR count). The van der Waals surface area contributed by atoms with Gasteiger partial charge in [-0.15, -0.1) is 0 Å². The molecule has 0 bridgehead atoms. The zero-order valence-corrected chi connectivity index (χ0v) is 13.2. The van der Waals surface area contributed by atoms with Crippen molar-refractivity contribution in [2.24, 2.45) is 0 Å². The Bertz CT molecular complexity index is 734. The molecule has 0 aliphatic heterocycles. The Kier molecular flexibility index (Phi) is 5.25. The lowest BCUT2D eigenvalue weighted by molar-refractivity contribution is 0.104. The molecule has 0 unspecified atom stereocenters. The van der Waals surface area contributed by atoms with Gasteiger partial charge >= 0.3 is 0 Å². The number of rotatable bonds is 6. The van der Waals surface area contributed by atoms with Crippen LogP contribution in [0.25, 0.3) is 6.08 Å². The third-order valence-electron chi connectivity index (χ3n) is 3.32. The molecule has 0 aromatic heterocycles. The van der Waals surface area contributed by atoms with Crippen LogP contribution in [-0.2, 0) is 0 Å². The van der Waals surface area contributed by atoms with Gasteiger partial charge in [0.05, 0.1) is 26.9 Å². The monoisotopic (exact) mass is 314 g/mol. The number of aromatic hydroxyl groups is 1. The van der Waals surface area contributed by atoms with Crippen molar-refractivity contribution in [3.63, 3.8) is 0 Å². The second-order valence-corrected chi connectivity index (χ2v) is 4.69. The number of methoxy groups -OCH3 is 3. The fourth-order valence-electron chi connectivity index (χ4n) is 2.07. The molecular formula is C18H18O5. The maximum atomic E-state index is 12.2. The lowest BCUT2D eigenvalue weighted by atomic mass is 10.1. The van der Waals surface area contributed by atoms with Crippen LogP contribution in [0.5, 0.6) is 23.0 Å². The summed E-state index contributed by atoms with van der Waals surface area (Å²) in [5.74, 6) is 1.31. The molecule has 0 aliphatic carbocycles. The highest BCUT2D eigenvalue weighted by Crippen LogP contribution is 2.27. The van der Waals surface area contributed by atoms with E-state index >= 15 is 0 Å². The minimum atomic E-state index is -0.324. The lowest BCUT2D eigenvalue weighted by Gasteiger charge is -2.07. The molecule has 0 heterocycles. The highest BCUT2D eigenvalue weighted by atomic mass is 16.5. The summed E-state index contributed by atoms with van der Waals surface area (Å²) < 4.78 is 15.4. The molecule has 0 aliphatic rings. The molecule has 1 N–H and O–H groups in total. The summed E-state index contributed by atoms with van der Waals surface area (Å²) >= 11 is 0. The highest BCUT2D eigenvalue weighted by Gasteiger charge is 2.10. The van der Waals surface area contributed by atoms with Gasteiger partial charge in [-0.1, -0.05) is 0 Å². The normalized spacial score (nSPS) is 10.6. The zero-order valence-electron chi connectivity index (χ0n) is 13.2. The second kappa shape index (κ2) is 7.35. The quantitative estimate of drug-likeness (QED) is 0.654. The molecule has 0 amide bonds. The first-order valence-corrected chi connectivity index (χ1v) is 6.90. The van der Waals surface area contributed by atoms with Gasteiger partial charge in [-0.3, -0.25) is 4.79 Å². The van der Waals surface area contributed by atoms with Crippen molar-refractivity contribution in [3.05, 3.63) is 53.6 Å². The van der Waals surface area contributed by atoms with Gasteiger partial charge in [0.2, 0.25) is 0 Å². The van der Waals surface area contributed by atoms with E-state index in [1.54, 1.807) is 44.6 Å². The number of allylic oxidation sites excluding steroid dienone is 1. The molecule has 0 radical (unpaired) electrons. The van der Waals surface area contributed by atoms with Crippen molar-refractivity contribution in [1.82, 2.24) is 0 Å². The largest absolute Gasteiger partial charge is 0.507 e. The fraction of sp³-hybridized carbons (Fsp3) is 0.167. The third-order valence-corrected chi connectivity index (χ3v) is 3.32. The van der Waals surface area contributed by atoms with Crippen molar-refractivity contribution in [2.75, 3.05) is 21.3 Å². The Balaban J connectivity index is 2.27. The Morgan fingerprint density at radius 3 is 2.22 bits per heavy atom. The summed E-state index contributed by atoms with van der Waals surface area (Å²) in [5.41, 5.74) is 0.900. The van der Waals surface area contributed by atoms with E-state index in [1.165, 1.54) is 25.3 Å². The number of hydrogen-bond donors (Lipinski definition) is 1. The van der Waals surface area contributed by atoms with Crippen LogP contribution in [0.4, 0.5) is 0 Å². The van der Waals surface area contributed by atoms with Gasteiger partial charge in [0.15, 0.2) is 5.78 Å². The number of ketones is 1. The summed E-state index contributed by atoms with van der Waals surface area (Å²) in [7, 11) is 4.61. The number of phenols is 1. The van der Waals surface area contributed by atoms with Crippen LogP contribution >= 0.6 is 0 Å². The molecule has 23 heavy (non-hydrogen) atoms. The number of phenolic OH excluding ortho intramolecular Hbond substituents is 1. The molecular weight excluding hydrogens is 296 g/mol. The number of benzene rings is 2. The molecule has 0 saturated heterocycles. The first-order valence-electron chi connectivity index (χ1n) is 6.90. The molecule has 5 nitrogen and oxygen atoms in total. The Hall–Kier alpha value is -2.95. The number of ether oxygens (including phenoxy) is 3. The van der Waals surface area contributed by atoms with Crippen LogP contribution in [0.2, 0.25) is 0 Å². The first kappa shape index (κ1) is 16.4. The summed E-state index contributed by atoms with van der Waals surface area (Å²) in [6.07, 6.45) is 2.99. The molecule has 2 aromatic carbocycles. The third kappa shape index (κ3) is 3.83. The zero-order chi connectivity index (χ0) is 16.8. The van der Waals surface area contributed by atoms with E-state index < -0.39 is 0 Å². The SMILES string of the molecule is COc1ccc(C(=O)/C=C/c2cc(OC)ccc2OC)c(O)c1. The van der Waals surface area contributed by atoms with Gasteiger partial charge in [0.25, 0.3) is 0 Å². The molecule has 5 heteroatoms. The van der Waals surface area contributed by atoms with Gasteiger partial charge in [-0.2, -0.15) is 0 Å². The van der Waals surface area contributed by atoms with Crippen molar-refractivity contribution in [1.29, 1.82) is 0 Å². The van der Waals surface area contributed by atoms with Gasteiger partial charge in [-0.25, -0.2) is 0 Å². The Morgan fingerprint density at radius 1 is 0.957 bits per heavy atom. The smallest absolute Gasteiger partial charge is 0.189 e. The molecule has 120 valence electrons. The standard InChI is InChI=1S/C18H18O5/c1-21-13-6-9-18(23-3)12(10-13)4-8-16(19)15-7-5-14(22-2)11-17(15)20/h4-11,20H,1-3H3/b8-4+. The van der Waals surface area contributed by atoms with Crippen molar-refractivity contribution < 1.29 is 24.1 Å². The molecule has 2 aromatic rings. The van der Waals surface area contributed by atoms with Crippen molar-refractivity contribution >= 4 is 11.9 Å². The summed E-state index contributed by atoms with van der Waals surface area (Å²) in [6, 6.07) is 9.82. The first-order chi connectivity index (χ1) is 11.1. The second-order valence-electron chi connectivity index (χ2n) is 4.69. The van der Waals surface area contributed by atoms with E-state index in [1.807, 2.05) is 0 Å². The predicted octanol–water partition coefficient (Wildman–Crippen LogP) is 3.31. The Morgan fingerprint density at radius 2 is 1.61 bits per heavy atom. The average Bonchev–Trinajstić information content (AvgIpc) is 2.59. The topological polar surface area (TPSA) is 65.0 Å². The van der Waals surface area contributed by atoms with Gasteiger partial charge in [0.1, 0.15) is 23.0 Å². The van der Waals surface area contributed by atoms with Crippen molar-refractivity contribution in [3.8, 4) is 23.0 Å². The van der Waals surface area contributed by atoms with Gasteiger partial charge in [0, 0.05) is 11.6 Å². The Labute approximate surface area is 134 Å². The summed E-state index contributed by atoms with van der Waals surface area (Å²) in [6.45, 7) is 0. The van der Waals surface area contributed by atoms with E-state index in [0.717, 1.165) is 0 Å². The van der Waals surface area contributed by atoms with E-state index in [0.29, 0.717) is 22.8 Å². The van der Waals surface area contributed by atoms with Gasteiger partial charge < -0.3 is 19.3 Å². The molecule has 0 fully saturated rings. The van der Waals surface area contributed by atoms with E-state index in [4.69, 9.17) is 14.2 Å². The van der Waals surface area contributed by atoms with Crippen molar-refractivity contribution in [2.45, 2.75) is 0 Å². The predicted molar refractivity (Wildman–Crippen MR) is 87.6 cm³/mol. The average molecular weight is 314 g/mol. The fourth-order valence-corrected chi connectivity index (χ4v) is 2.07. The van der Waals surface area contributed by atoms with Crippen LogP contribution < -0.4 is 14.2 Å². The molecule has 0 atom stereocenters. The number of carbonyl (C=O) groups excluding carboxylic acids is 1. The maximum Gasteiger partial charge on any atom is 0.189 e.